The maximum Gasteiger partial charge on any atom is 0.253 e. The Morgan fingerprint density at radius 1 is 1.04 bits per heavy atom. The van der Waals surface area contributed by atoms with Crippen molar-refractivity contribution in [1.29, 1.82) is 0 Å². The van der Waals surface area contributed by atoms with Crippen molar-refractivity contribution in [1.82, 2.24) is 4.90 Å². The normalized spacial score (nSPS) is 16.6. The Hall–Kier alpha value is -2.14. The molecule has 3 rings (SSSR count). The van der Waals surface area contributed by atoms with E-state index in [0.29, 0.717) is 30.2 Å². The lowest BCUT2D eigenvalue weighted by atomic mass is 10.1. The Bertz CT molecular complexity index is 705. The highest BCUT2D eigenvalue weighted by Gasteiger charge is 2.21. The Morgan fingerprint density at radius 3 is 2.29 bits per heavy atom. The monoisotopic (exact) mass is 343 g/mol. The largest absolute Gasteiger partial charge is 0.486 e. The lowest BCUT2D eigenvalue weighted by Crippen LogP contribution is -2.41. The second kappa shape index (κ2) is 7.62. The summed E-state index contributed by atoms with van der Waals surface area (Å²) in [5.41, 5.74) is 1.75. The van der Waals surface area contributed by atoms with Crippen molar-refractivity contribution in [3.05, 3.63) is 65.7 Å². The van der Waals surface area contributed by atoms with Gasteiger partial charge in [0.15, 0.2) is 0 Å². The first-order chi connectivity index (χ1) is 11.6. The topological polar surface area (TPSA) is 46.6 Å². The SMILES string of the molecule is CC(Oc1ccc(C(=O)N2CCS(=O)CC2)cc1)c1ccccc1. The summed E-state index contributed by atoms with van der Waals surface area (Å²) in [4.78, 5) is 14.2. The first-order valence-corrected chi connectivity index (χ1v) is 9.58. The minimum Gasteiger partial charge on any atom is -0.486 e. The van der Waals surface area contributed by atoms with Crippen LogP contribution < -0.4 is 4.74 Å². The summed E-state index contributed by atoms with van der Waals surface area (Å²) in [6, 6.07) is 17.3. The number of carbonyl (C=O) groups excluding carboxylic acids is 1. The van der Waals surface area contributed by atoms with Crippen LogP contribution in [0.5, 0.6) is 5.75 Å². The van der Waals surface area contributed by atoms with Gasteiger partial charge in [-0.25, -0.2) is 0 Å². The molecular weight excluding hydrogens is 322 g/mol. The van der Waals surface area contributed by atoms with E-state index >= 15 is 0 Å². The summed E-state index contributed by atoms with van der Waals surface area (Å²) >= 11 is 0. The summed E-state index contributed by atoms with van der Waals surface area (Å²) in [6.45, 7) is 3.13. The number of nitrogens with zero attached hydrogens (tertiary/aromatic N) is 1. The van der Waals surface area contributed by atoms with Crippen LogP contribution in [0.3, 0.4) is 0 Å². The van der Waals surface area contributed by atoms with Crippen molar-refractivity contribution in [2.24, 2.45) is 0 Å². The van der Waals surface area contributed by atoms with Crippen molar-refractivity contribution in [3.63, 3.8) is 0 Å². The predicted octanol–water partition coefficient (Wildman–Crippen LogP) is 3.03. The molecule has 1 atom stereocenters. The standard InChI is InChI=1S/C19H21NO3S/c1-15(16-5-3-2-4-6-16)23-18-9-7-17(8-10-18)19(21)20-11-13-24(22)14-12-20/h2-10,15H,11-14H2,1H3. The molecule has 0 aliphatic carbocycles. The fourth-order valence-electron chi connectivity index (χ4n) is 2.70. The van der Waals surface area contributed by atoms with E-state index in [-0.39, 0.29) is 12.0 Å². The maximum absolute atomic E-state index is 12.4. The van der Waals surface area contributed by atoms with Gasteiger partial charge in [0.2, 0.25) is 0 Å². The molecule has 2 aromatic carbocycles. The van der Waals surface area contributed by atoms with E-state index in [1.54, 1.807) is 17.0 Å². The van der Waals surface area contributed by atoms with Crippen LogP contribution in [0.25, 0.3) is 0 Å². The Kier molecular flexibility index (Phi) is 5.30. The van der Waals surface area contributed by atoms with Crippen LogP contribution >= 0.6 is 0 Å². The number of carbonyl (C=O) groups is 1. The van der Waals surface area contributed by atoms with Gasteiger partial charge in [-0.15, -0.1) is 0 Å². The lowest BCUT2D eigenvalue weighted by molar-refractivity contribution is 0.0771. The Balaban J connectivity index is 1.63. The molecule has 1 aliphatic rings. The van der Waals surface area contributed by atoms with E-state index in [2.05, 4.69) is 0 Å². The van der Waals surface area contributed by atoms with Gasteiger partial charge < -0.3 is 9.64 Å². The molecule has 1 fully saturated rings. The molecule has 5 heteroatoms. The third kappa shape index (κ3) is 4.03. The quantitative estimate of drug-likeness (QED) is 0.857. The highest BCUT2D eigenvalue weighted by molar-refractivity contribution is 7.85. The molecule has 1 aliphatic heterocycles. The van der Waals surface area contributed by atoms with Crippen LogP contribution in [0.2, 0.25) is 0 Å². The van der Waals surface area contributed by atoms with Crippen LogP contribution in [0, 0.1) is 0 Å². The number of amides is 1. The summed E-state index contributed by atoms with van der Waals surface area (Å²) < 4.78 is 17.3. The Morgan fingerprint density at radius 2 is 1.67 bits per heavy atom. The van der Waals surface area contributed by atoms with E-state index in [4.69, 9.17) is 4.74 Å². The van der Waals surface area contributed by atoms with Gasteiger partial charge >= 0.3 is 0 Å². The molecule has 0 bridgehead atoms. The lowest BCUT2D eigenvalue weighted by Gasteiger charge is -2.26. The molecule has 24 heavy (non-hydrogen) atoms. The van der Waals surface area contributed by atoms with Crippen LogP contribution in [0.1, 0.15) is 28.9 Å². The number of ether oxygens (including phenoxy) is 1. The van der Waals surface area contributed by atoms with Gasteiger partial charge in [-0.3, -0.25) is 9.00 Å². The van der Waals surface area contributed by atoms with Crippen molar-refractivity contribution in [3.8, 4) is 5.75 Å². The number of benzene rings is 2. The van der Waals surface area contributed by atoms with Crippen LogP contribution in [0.15, 0.2) is 54.6 Å². The third-order valence-electron chi connectivity index (χ3n) is 4.15. The summed E-state index contributed by atoms with van der Waals surface area (Å²) in [5, 5.41) is 0. The zero-order chi connectivity index (χ0) is 16.9. The molecule has 4 nitrogen and oxygen atoms in total. The minimum absolute atomic E-state index is 0.00522. The van der Waals surface area contributed by atoms with Crippen LogP contribution in [-0.4, -0.2) is 39.6 Å². The fourth-order valence-corrected chi connectivity index (χ4v) is 3.75. The van der Waals surface area contributed by atoms with E-state index in [1.807, 2.05) is 49.4 Å². The second-order valence-electron chi connectivity index (χ2n) is 5.84. The van der Waals surface area contributed by atoms with Crippen LogP contribution in [0.4, 0.5) is 0 Å². The van der Waals surface area contributed by atoms with E-state index in [1.165, 1.54) is 0 Å². The molecule has 0 aromatic heterocycles. The van der Waals surface area contributed by atoms with Crippen molar-refractivity contribution in [2.45, 2.75) is 13.0 Å². The highest BCUT2D eigenvalue weighted by atomic mass is 32.2. The first kappa shape index (κ1) is 16.7. The van der Waals surface area contributed by atoms with Gasteiger partial charge in [0.05, 0.1) is 0 Å². The van der Waals surface area contributed by atoms with Gasteiger partial charge in [0.1, 0.15) is 11.9 Å². The summed E-state index contributed by atoms with van der Waals surface area (Å²) in [7, 11) is -0.776. The highest BCUT2D eigenvalue weighted by Crippen LogP contribution is 2.22. The average molecular weight is 343 g/mol. The van der Waals surface area contributed by atoms with Crippen molar-refractivity contribution in [2.75, 3.05) is 24.6 Å². The van der Waals surface area contributed by atoms with Gasteiger partial charge in [0, 0.05) is 41.0 Å². The van der Waals surface area contributed by atoms with Crippen molar-refractivity contribution >= 4 is 16.7 Å². The molecule has 1 saturated heterocycles. The van der Waals surface area contributed by atoms with Gasteiger partial charge in [-0.2, -0.15) is 0 Å². The molecule has 1 amide bonds. The van der Waals surface area contributed by atoms with Crippen molar-refractivity contribution < 1.29 is 13.7 Å². The summed E-state index contributed by atoms with van der Waals surface area (Å²) in [5.74, 6) is 1.88. The summed E-state index contributed by atoms with van der Waals surface area (Å²) in [6.07, 6.45) is -0.0511. The van der Waals surface area contributed by atoms with E-state index in [9.17, 15) is 9.00 Å². The number of rotatable bonds is 4. The predicted molar refractivity (Wildman–Crippen MR) is 95.7 cm³/mol. The minimum atomic E-state index is -0.776. The molecule has 0 N–H and O–H groups in total. The van der Waals surface area contributed by atoms with Gasteiger partial charge in [-0.1, -0.05) is 30.3 Å². The first-order valence-electron chi connectivity index (χ1n) is 8.09. The van der Waals surface area contributed by atoms with Gasteiger partial charge in [0.25, 0.3) is 5.91 Å². The molecule has 0 saturated carbocycles. The smallest absolute Gasteiger partial charge is 0.253 e. The fraction of sp³-hybridized carbons (Fsp3) is 0.316. The number of hydrogen-bond donors (Lipinski definition) is 0. The Labute approximate surface area is 144 Å². The van der Waals surface area contributed by atoms with Crippen LogP contribution in [-0.2, 0) is 10.8 Å². The van der Waals surface area contributed by atoms with Gasteiger partial charge in [-0.05, 0) is 36.8 Å². The zero-order valence-corrected chi connectivity index (χ0v) is 14.5. The maximum atomic E-state index is 12.4. The molecule has 126 valence electrons. The number of hydrogen-bond acceptors (Lipinski definition) is 3. The molecule has 0 radical (unpaired) electrons. The molecule has 1 unspecified atom stereocenters. The van der Waals surface area contributed by atoms with E-state index in [0.717, 1.165) is 11.3 Å². The second-order valence-corrected chi connectivity index (χ2v) is 7.53. The molecule has 1 heterocycles. The molecule has 2 aromatic rings. The molecule has 0 spiro atoms. The third-order valence-corrected chi connectivity index (χ3v) is 5.42. The molecular formula is C19H21NO3S. The van der Waals surface area contributed by atoms with E-state index < -0.39 is 10.8 Å². The average Bonchev–Trinajstić information content (AvgIpc) is 2.63. The zero-order valence-electron chi connectivity index (χ0n) is 13.7.